The molecule has 3 amide bonds. The number of benzene rings is 1. The third-order valence-electron chi connectivity index (χ3n) is 4.31. The molecule has 1 fully saturated rings. The number of halogens is 1. The molecule has 3 rings (SSSR count). The number of thiazole rings is 1. The van der Waals surface area contributed by atoms with Crippen LogP contribution in [-0.2, 0) is 11.3 Å². The van der Waals surface area contributed by atoms with Gasteiger partial charge in [0.25, 0.3) is 0 Å². The van der Waals surface area contributed by atoms with Crippen LogP contribution in [0.3, 0.4) is 0 Å². The van der Waals surface area contributed by atoms with Crippen LogP contribution >= 0.6 is 11.3 Å². The predicted molar refractivity (Wildman–Crippen MR) is 109 cm³/mol. The molecule has 156 valence electrons. The number of hydrogen-bond acceptors (Lipinski definition) is 5. The van der Waals surface area contributed by atoms with Crippen molar-refractivity contribution >= 4 is 28.6 Å². The molecule has 1 saturated heterocycles. The van der Waals surface area contributed by atoms with E-state index < -0.39 is 11.6 Å². The molecule has 0 radical (unpaired) electrons. The topological polar surface area (TPSA) is 83.6 Å². The Balaban J connectivity index is 1.57. The number of carbonyl (C=O) groups excluding carboxylic acids is 2. The predicted octanol–water partition coefficient (Wildman–Crippen LogP) is 4.68. The van der Waals surface area contributed by atoms with E-state index in [2.05, 4.69) is 15.6 Å². The Labute approximate surface area is 173 Å². The zero-order valence-corrected chi connectivity index (χ0v) is 17.5. The Morgan fingerprint density at radius 1 is 1.38 bits per heavy atom. The van der Waals surface area contributed by atoms with Crippen molar-refractivity contribution in [2.45, 2.75) is 51.8 Å². The monoisotopic (exact) mass is 420 g/mol. The molecule has 1 aliphatic heterocycles. The molecule has 0 bridgehead atoms. The standard InChI is InChI=1S/C20H25FN4O3S/c1-20(2,3)28-19(27)25-9-5-8-16(25)15-12-29-18(23-15)24-17(26)22-11-13-6-4-7-14(21)10-13/h4,6-7,10,12,16H,5,8-9,11H2,1-3H3,(H2,22,23,24,26). The SMILES string of the molecule is CC(C)(C)OC(=O)N1CCCC1c1csc(NC(=O)NCc2cccc(F)c2)n1. The van der Waals surface area contributed by atoms with Crippen LogP contribution in [0.4, 0.5) is 19.1 Å². The molecule has 1 aromatic heterocycles. The van der Waals surface area contributed by atoms with Gasteiger partial charge in [0, 0.05) is 18.5 Å². The van der Waals surface area contributed by atoms with Crippen molar-refractivity contribution in [3.05, 3.63) is 46.7 Å². The molecule has 2 aromatic rings. The number of nitrogens with zero attached hydrogens (tertiary/aromatic N) is 2. The third kappa shape index (κ3) is 5.90. The Kier molecular flexibility index (Phi) is 6.36. The largest absolute Gasteiger partial charge is 0.444 e. The number of carbonyl (C=O) groups is 2. The van der Waals surface area contributed by atoms with Crippen LogP contribution in [0.5, 0.6) is 0 Å². The highest BCUT2D eigenvalue weighted by Gasteiger charge is 2.34. The number of urea groups is 1. The first-order chi connectivity index (χ1) is 13.7. The molecular formula is C20H25FN4O3S. The normalized spacial score (nSPS) is 16.6. The number of likely N-dealkylation sites (tertiary alicyclic amines) is 1. The summed E-state index contributed by atoms with van der Waals surface area (Å²) in [5, 5.41) is 7.63. The molecule has 0 spiro atoms. The Morgan fingerprint density at radius 2 is 2.17 bits per heavy atom. The maximum Gasteiger partial charge on any atom is 0.410 e. The van der Waals surface area contributed by atoms with Gasteiger partial charge in [0.15, 0.2) is 5.13 Å². The number of hydrogen-bond donors (Lipinski definition) is 2. The molecule has 2 N–H and O–H groups in total. The molecule has 9 heteroatoms. The summed E-state index contributed by atoms with van der Waals surface area (Å²) >= 11 is 1.29. The van der Waals surface area contributed by atoms with E-state index in [0.29, 0.717) is 17.2 Å². The number of aromatic nitrogens is 1. The zero-order valence-electron chi connectivity index (χ0n) is 16.7. The minimum absolute atomic E-state index is 0.160. The lowest BCUT2D eigenvalue weighted by Crippen LogP contribution is -2.36. The van der Waals surface area contributed by atoms with Gasteiger partial charge in [0.2, 0.25) is 0 Å². The smallest absolute Gasteiger partial charge is 0.410 e. The van der Waals surface area contributed by atoms with Gasteiger partial charge in [-0.3, -0.25) is 10.2 Å². The molecule has 1 unspecified atom stereocenters. The molecule has 0 aliphatic carbocycles. The van der Waals surface area contributed by atoms with E-state index in [1.807, 2.05) is 26.2 Å². The van der Waals surface area contributed by atoms with Gasteiger partial charge >= 0.3 is 12.1 Å². The van der Waals surface area contributed by atoms with Crippen LogP contribution < -0.4 is 10.6 Å². The quantitative estimate of drug-likeness (QED) is 0.753. The molecule has 1 atom stereocenters. The summed E-state index contributed by atoms with van der Waals surface area (Å²) in [5.41, 5.74) is 0.844. The van der Waals surface area contributed by atoms with E-state index in [1.165, 1.54) is 23.5 Å². The highest BCUT2D eigenvalue weighted by Crippen LogP contribution is 2.34. The Hall–Kier alpha value is -2.68. The maximum absolute atomic E-state index is 13.2. The van der Waals surface area contributed by atoms with Gasteiger partial charge in [-0.05, 0) is 51.3 Å². The second-order valence-electron chi connectivity index (χ2n) is 7.85. The highest BCUT2D eigenvalue weighted by molar-refractivity contribution is 7.13. The van der Waals surface area contributed by atoms with E-state index in [9.17, 15) is 14.0 Å². The van der Waals surface area contributed by atoms with E-state index in [1.54, 1.807) is 17.0 Å². The average molecular weight is 421 g/mol. The molecular weight excluding hydrogens is 395 g/mol. The first-order valence-electron chi connectivity index (χ1n) is 9.45. The van der Waals surface area contributed by atoms with Crippen LogP contribution in [0.1, 0.15) is 50.9 Å². The van der Waals surface area contributed by atoms with Gasteiger partial charge in [0.1, 0.15) is 11.4 Å². The summed E-state index contributed by atoms with van der Waals surface area (Å²) in [6.07, 6.45) is 1.32. The Bertz CT molecular complexity index is 881. The maximum atomic E-state index is 13.2. The van der Waals surface area contributed by atoms with E-state index in [4.69, 9.17) is 4.74 Å². The second kappa shape index (κ2) is 8.77. The van der Waals surface area contributed by atoms with E-state index in [-0.39, 0.29) is 24.5 Å². The summed E-state index contributed by atoms with van der Waals surface area (Å²) in [6.45, 7) is 6.33. The van der Waals surface area contributed by atoms with Crippen molar-refractivity contribution in [1.29, 1.82) is 0 Å². The fourth-order valence-electron chi connectivity index (χ4n) is 3.08. The fourth-order valence-corrected chi connectivity index (χ4v) is 3.83. The molecule has 7 nitrogen and oxygen atoms in total. The number of nitrogens with one attached hydrogen (secondary N) is 2. The highest BCUT2D eigenvalue weighted by atomic mass is 32.1. The van der Waals surface area contributed by atoms with Gasteiger partial charge in [-0.2, -0.15) is 0 Å². The summed E-state index contributed by atoms with van der Waals surface area (Å²) in [5.74, 6) is -0.347. The van der Waals surface area contributed by atoms with Gasteiger partial charge in [-0.15, -0.1) is 11.3 Å². The summed E-state index contributed by atoms with van der Waals surface area (Å²) < 4.78 is 18.7. The number of amides is 3. The van der Waals surface area contributed by atoms with Crippen molar-refractivity contribution in [3.63, 3.8) is 0 Å². The van der Waals surface area contributed by atoms with Crippen molar-refractivity contribution in [1.82, 2.24) is 15.2 Å². The lowest BCUT2D eigenvalue weighted by molar-refractivity contribution is 0.0222. The third-order valence-corrected chi connectivity index (χ3v) is 5.08. The zero-order chi connectivity index (χ0) is 21.0. The van der Waals surface area contributed by atoms with Crippen LogP contribution in [0.25, 0.3) is 0 Å². The van der Waals surface area contributed by atoms with E-state index >= 15 is 0 Å². The fraction of sp³-hybridized carbons (Fsp3) is 0.450. The minimum Gasteiger partial charge on any atom is -0.444 e. The first-order valence-corrected chi connectivity index (χ1v) is 10.3. The van der Waals surface area contributed by atoms with Crippen molar-refractivity contribution < 1.29 is 18.7 Å². The summed E-state index contributed by atoms with van der Waals surface area (Å²) in [7, 11) is 0. The van der Waals surface area contributed by atoms with Crippen LogP contribution in [-0.4, -0.2) is 34.2 Å². The molecule has 1 aliphatic rings. The van der Waals surface area contributed by atoms with E-state index in [0.717, 1.165) is 18.5 Å². The van der Waals surface area contributed by atoms with Gasteiger partial charge in [-0.1, -0.05) is 12.1 Å². The summed E-state index contributed by atoms with van der Waals surface area (Å²) in [6, 6.07) is 5.46. The number of ether oxygens (including phenoxy) is 1. The second-order valence-corrected chi connectivity index (χ2v) is 8.70. The summed E-state index contributed by atoms with van der Waals surface area (Å²) in [4.78, 5) is 30.7. The average Bonchev–Trinajstić information content (AvgIpc) is 3.27. The van der Waals surface area contributed by atoms with Gasteiger partial charge in [-0.25, -0.2) is 19.0 Å². The lowest BCUT2D eigenvalue weighted by Gasteiger charge is -2.27. The van der Waals surface area contributed by atoms with Crippen LogP contribution in [0.2, 0.25) is 0 Å². The molecule has 2 heterocycles. The molecule has 1 aromatic carbocycles. The number of anilines is 1. The first kappa shape index (κ1) is 21.0. The Morgan fingerprint density at radius 3 is 2.90 bits per heavy atom. The van der Waals surface area contributed by atoms with Crippen LogP contribution in [0, 0.1) is 5.82 Å². The van der Waals surface area contributed by atoms with Gasteiger partial charge in [0.05, 0.1) is 11.7 Å². The molecule has 29 heavy (non-hydrogen) atoms. The molecule has 0 saturated carbocycles. The van der Waals surface area contributed by atoms with Crippen molar-refractivity contribution in [2.24, 2.45) is 0 Å². The van der Waals surface area contributed by atoms with Crippen molar-refractivity contribution in [2.75, 3.05) is 11.9 Å². The van der Waals surface area contributed by atoms with Crippen LogP contribution in [0.15, 0.2) is 29.6 Å². The van der Waals surface area contributed by atoms with Crippen molar-refractivity contribution in [3.8, 4) is 0 Å². The minimum atomic E-state index is -0.557. The lowest BCUT2D eigenvalue weighted by atomic mass is 10.2. The number of rotatable bonds is 4. The van der Waals surface area contributed by atoms with Gasteiger partial charge < -0.3 is 10.1 Å².